The standard InChI is InChI=1S/C20H23N3O4/c1-15-7-8-16(2)19(13-15)27-14-20(24)22-11-9-21(10-12-22)17-5-3-4-6-18(17)23(25)26/h3-8,13H,9-12,14H2,1-2H3. The summed E-state index contributed by atoms with van der Waals surface area (Å²) in [5, 5.41) is 11.2. The number of amides is 1. The molecule has 1 amide bonds. The minimum atomic E-state index is -0.370. The van der Waals surface area contributed by atoms with Gasteiger partial charge in [-0.3, -0.25) is 14.9 Å². The Balaban J connectivity index is 1.57. The van der Waals surface area contributed by atoms with Crippen molar-refractivity contribution < 1.29 is 14.5 Å². The number of para-hydroxylation sites is 2. The Hall–Kier alpha value is -3.09. The molecule has 27 heavy (non-hydrogen) atoms. The summed E-state index contributed by atoms with van der Waals surface area (Å²) < 4.78 is 5.70. The number of anilines is 1. The van der Waals surface area contributed by atoms with Crippen LogP contribution in [0.2, 0.25) is 0 Å². The summed E-state index contributed by atoms with van der Waals surface area (Å²) >= 11 is 0. The molecule has 1 fully saturated rings. The number of benzene rings is 2. The lowest BCUT2D eigenvalue weighted by Crippen LogP contribution is -2.50. The summed E-state index contributed by atoms with van der Waals surface area (Å²) in [6, 6.07) is 12.6. The first kappa shape index (κ1) is 18.7. The highest BCUT2D eigenvalue weighted by molar-refractivity contribution is 5.78. The van der Waals surface area contributed by atoms with Crippen LogP contribution in [0.25, 0.3) is 0 Å². The van der Waals surface area contributed by atoms with Crippen LogP contribution in [0.4, 0.5) is 11.4 Å². The smallest absolute Gasteiger partial charge is 0.292 e. The van der Waals surface area contributed by atoms with Gasteiger partial charge in [-0.05, 0) is 37.1 Å². The number of piperazine rings is 1. The monoisotopic (exact) mass is 369 g/mol. The summed E-state index contributed by atoms with van der Waals surface area (Å²) in [6.07, 6.45) is 0. The van der Waals surface area contributed by atoms with Gasteiger partial charge >= 0.3 is 0 Å². The van der Waals surface area contributed by atoms with E-state index in [1.54, 1.807) is 23.1 Å². The van der Waals surface area contributed by atoms with E-state index in [4.69, 9.17) is 4.74 Å². The van der Waals surface area contributed by atoms with E-state index in [0.717, 1.165) is 16.9 Å². The normalized spacial score (nSPS) is 14.1. The summed E-state index contributed by atoms with van der Waals surface area (Å²) in [4.78, 5) is 27.0. The van der Waals surface area contributed by atoms with E-state index in [1.165, 1.54) is 6.07 Å². The second-order valence-electron chi connectivity index (χ2n) is 6.67. The maximum atomic E-state index is 12.5. The van der Waals surface area contributed by atoms with Crippen molar-refractivity contribution in [1.29, 1.82) is 0 Å². The number of rotatable bonds is 5. The molecule has 1 aliphatic rings. The van der Waals surface area contributed by atoms with Gasteiger partial charge < -0.3 is 14.5 Å². The number of carbonyl (C=O) groups excluding carboxylic acids is 1. The molecule has 2 aromatic carbocycles. The van der Waals surface area contributed by atoms with Gasteiger partial charge in [-0.2, -0.15) is 0 Å². The molecule has 0 saturated carbocycles. The fourth-order valence-corrected chi connectivity index (χ4v) is 3.18. The van der Waals surface area contributed by atoms with E-state index in [2.05, 4.69) is 0 Å². The molecule has 0 atom stereocenters. The van der Waals surface area contributed by atoms with Crippen LogP contribution in [0.3, 0.4) is 0 Å². The lowest BCUT2D eigenvalue weighted by atomic mass is 10.1. The molecule has 142 valence electrons. The molecule has 1 heterocycles. The van der Waals surface area contributed by atoms with Crippen molar-refractivity contribution in [2.45, 2.75) is 13.8 Å². The largest absolute Gasteiger partial charge is 0.483 e. The Kier molecular flexibility index (Phi) is 5.59. The SMILES string of the molecule is Cc1ccc(C)c(OCC(=O)N2CCN(c3ccccc3[N+](=O)[O-])CC2)c1. The van der Waals surface area contributed by atoms with Crippen molar-refractivity contribution in [3.05, 3.63) is 63.7 Å². The highest BCUT2D eigenvalue weighted by Gasteiger charge is 2.25. The van der Waals surface area contributed by atoms with E-state index in [1.807, 2.05) is 36.9 Å². The molecule has 7 nitrogen and oxygen atoms in total. The van der Waals surface area contributed by atoms with Gasteiger partial charge in [0.1, 0.15) is 11.4 Å². The summed E-state index contributed by atoms with van der Waals surface area (Å²) in [5.74, 6) is 0.653. The fraction of sp³-hybridized carbons (Fsp3) is 0.350. The number of nitro groups is 1. The minimum Gasteiger partial charge on any atom is -0.483 e. The number of nitro benzene ring substituents is 1. The lowest BCUT2D eigenvalue weighted by Gasteiger charge is -2.35. The van der Waals surface area contributed by atoms with E-state index in [9.17, 15) is 14.9 Å². The molecule has 0 spiro atoms. The zero-order chi connectivity index (χ0) is 19.4. The molecule has 3 rings (SSSR count). The summed E-state index contributed by atoms with van der Waals surface area (Å²) in [5.41, 5.74) is 2.77. The Labute approximate surface area is 158 Å². The Morgan fingerprint density at radius 3 is 2.52 bits per heavy atom. The predicted molar refractivity (Wildman–Crippen MR) is 103 cm³/mol. The van der Waals surface area contributed by atoms with Crippen LogP contribution in [-0.2, 0) is 4.79 Å². The van der Waals surface area contributed by atoms with Crippen LogP contribution in [-0.4, -0.2) is 48.5 Å². The molecule has 0 aliphatic carbocycles. The van der Waals surface area contributed by atoms with E-state index in [-0.39, 0.29) is 23.1 Å². The van der Waals surface area contributed by atoms with Gasteiger partial charge in [0, 0.05) is 32.2 Å². The lowest BCUT2D eigenvalue weighted by molar-refractivity contribution is -0.384. The van der Waals surface area contributed by atoms with Gasteiger partial charge in [0.2, 0.25) is 0 Å². The van der Waals surface area contributed by atoms with Crippen LogP contribution in [0.1, 0.15) is 11.1 Å². The molecular formula is C20H23N3O4. The van der Waals surface area contributed by atoms with Crippen molar-refractivity contribution in [1.82, 2.24) is 4.90 Å². The van der Waals surface area contributed by atoms with Gasteiger partial charge in [0.25, 0.3) is 11.6 Å². The van der Waals surface area contributed by atoms with Crippen LogP contribution in [0, 0.1) is 24.0 Å². The average Bonchev–Trinajstić information content (AvgIpc) is 2.68. The second kappa shape index (κ2) is 8.07. The van der Waals surface area contributed by atoms with Gasteiger partial charge in [0.05, 0.1) is 4.92 Å². The number of aryl methyl sites for hydroxylation is 2. The van der Waals surface area contributed by atoms with Crippen molar-refractivity contribution in [3.63, 3.8) is 0 Å². The molecule has 2 aromatic rings. The van der Waals surface area contributed by atoms with E-state index in [0.29, 0.717) is 31.9 Å². The third-order valence-corrected chi connectivity index (χ3v) is 4.75. The third kappa shape index (κ3) is 4.36. The van der Waals surface area contributed by atoms with Crippen LogP contribution < -0.4 is 9.64 Å². The molecule has 7 heteroatoms. The topological polar surface area (TPSA) is 75.9 Å². The zero-order valence-corrected chi connectivity index (χ0v) is 15.6. The fourth-order valence-electron chi connectivity index (χ4n) is 3.18. The zero-order valence-electron chi connectivity index (χ0n) is 15.6. The van der Waals surface area contributed by atoms with Gasteiger partial charge in [-0.1, -0.05) is 24.3 Å². The second-order valence-corrected chi connectivity index (χ2v) is 6.67. The quantitative estimate of drug-likeness (QED) is 0.598. The number of carbonyl (C=O) groups is 1. The van der Waals surface area contributed by atoms with Crippen molar-refractivity contribution in [2.24, 2.45) is 0 Å². The molecule has 1 aliphatic heterocycles. The number of hydrogen-bond donors (Lipinski definition) is 0. The van der Waals surface area contributed by atoms with E-state index < -0.39 is 0 Å². The molecule has 0 aromatic heterocycles. The average molecular weight is 369 g/mol. The molecular weight excluding hydrogens is 346 g/mol. The van der Waals surface area contributed by atoms with Gasteiger partial charge in [-0.25, -0.2) is 0 Å². The van der Waals surface area contributed by atoms with Gasteiger partial charge in [-0.15, -0.1) is 0 Å². The molecule has 1 saturated heterocycles. The maximum Gasteiger partial charge on any atom is 0.292 e. The van der Waals surface area contributed by atoms with E-state index >= 15 is 0 Å². The van der Waals surface area contributed by atoms with Crippen molar-refractivity contribution in [3.8, 4) is 5.75 Å². The maximum absolute atomic E-state index is 12.5. The highest BCUT2D eigenvalue weighted by atomic mass is 16.6. The first-order chi connectivity index (χ1) is 13.0. The summed E-state index contributed by atoms with van der Waals surface area (Å²) in [7, 11) is 0. The molecule has 0 N–H and O–H groups in total. The molecule has 0 bridgehead atoms. The Bertz CT molecular complexity index is 845. The number of hydrogen-bond acceptors (Lipinski definition) is 5. The first-order valence-corrected chi connectivity index (χ1v) is 8.92. The molecule has 0 unspecified atom stereocenters. The minimum absolute atomic E-state index is 0.00419. The van der Waals surface area contributed by atoms with Crippen molar-refractivity contribution >= 4 is 17.3 Å². The van der Waals surface area contributed by atoms with Crippen LogP contribution >= 0.6 is 0 Å². The van der Waals surface area contributed by atoms with Crippen LogP contribution in [0.5, 0.6) is 5.75 Å². The predicted octanol–water partition coefficient (Wildman–Crippen LogP) is 2.94. The van der Waals surface area contributed by atoms with Crippen molar-refractivity contribution in [2.75, 3.05) is 37.7 Å². The Morgan fingerprint density at radius 2 is 1.81 bits per heavy atom. The number of ether oxygens (including phenoxy) is 1. The van der Waals surface area contributed by atoms with Gasteiger partial charge in [0.15, 0.2) is 6.61 Å². The number of nitrogens with zero attached hydrogens (tertiary/aromatic N) is 3. The van der Waals surface area contributed by atoms with Crippen LogP contribution in [0.15, 0.2) is 42.5 Å². The Morgan fingerprint density at radius 1 is 1.11 bits per heavy atom. The summed E-state index contributed by atoms with van der Waals surface area (Å²) in [6.45, 7) is 6.07. The highest BCUT2D eigenvalue weighted by Crippen LogP contribution is 2.28. The first-order valence-electron chi connectivity index (χ1n) is 8.92. The third-order valence-electron chi connectivity index (χ3n) is 4.75. The molecule has 0 radical (unpaired) electrons.